The van der Waals surface area contributed by atoms with E-state index in [4.69, 9.17) is 0 Å². The lowest BCUT2D eigenvalue weighted by molar-refractivity contribution is -0.112. The lowest BCUT2D eigenvalue weighted by Crippen LogP contribution is -2.44. The van der Waals surface area contributed by atoms with Crippen LogP contribution < -0.4 is 10.2 Å². The van der Waals surface area contributed by atoms with Crippen LogP contribution in [-0.4, -0.2) is 52.5 Å². The Hall–Kier alpha value is -2.11. The molecule has 10 heteroatoms. The van der Waals surface area contributed by atoms with E-state index >= 15 is 0 Å². The smallest absolute Gasteiger partial charge is 0.262 e. The summed E-state index contributed by atoms with van der Waals surface area (Å²) in [6.07, 6.45) is 1.87. The Morgan fingerprint density at radius 2 is 1.65 bits per heavy atom. The van der Waals surface area contributed by atoms with Gasteiger partial charge in [-0.3, -0.25) is 4.79 Å². The molecule has 1 amide bonds. The standard InChI is InChI=1S/C27H25Br2N3O3S2/c1-31-11-13-32(14-12-31)19-7-5-18(6-8-19)15-26-27(33)30-24-16-20(9-10-25(24)36-26)37(34,35)17-21-22(28)3-2-4-23(21)29/h2-10,15-16H,11-14,17H2,1H3,(H,30,33). The molecule has 2 aliphatic heterocycles. The summed E-state index contributed by atoms with van der Waals surface area (Å²) in [6.45, 7) is 4.10. The van der Waals surface area contributed by atoms with Gasteiger partial charge in [0.05, 0.1) is 21.2 Å². The molecule has 1 N–H and O–H groups in total. The predicted octanol–water partition coefficient (Wildman–Crippen LogP) is 6.02. The van der Waals surface area contributed by atoms with Crippen molar-refractivity contribution in [1.29, 1.82) is 0 Å². The molecule has 0 unspecified atom stereocenters. The van der Waals surface area contributed by atoms with Crippen molar-refractivity contribution in [3.05, 3.63) is 85.6 Å². The van der Waals surface area contributed by atoms with Crippen molar-refractivity contribution >= 4 is 76.8 Å². The van der Waals surface area contributed by atoms with Gasteiger partial charge in [0.15, 0.2) is 9.84 Å². The summed E-state index contributed by atoms with van der Waals surface area (Å²) < 4.78 is 27.8. The number of benzene rings is 3. The zero-order valence-corrected chi connectivity index (χ0v) is 24.9. The van der Waals surface area contributed by atoms with Gasteiger partial charge in [-0.2, -0.15) is 0 Å². The molecule has 0 bridgehead atoms. The van der Waals surface area contributed by atoms with Gasteiger partial charge in [-0.05, 0) is 66.7 Å². The summed E-state index contributed by atoms with van der Waals surface area (Å²) >= 11 is 8.21. The van der Waals surface area contributed by atoms with Crippen molar-refractivity contribution in [3.8, 4) is 0 Å². The normalized spacial score (nSPS) is 17.5. The van der Waals surface area contributed by atoms with Crippen molar-refractivity contribution in [3.63, 3.8) is 0 Å². The Morgan fingerprint density at radius 3 is 2.32 bits per heavy atom. The van der Waals surface area contributed by atoms with E-state index in [2.05, 4.69) is 66.2 Å². The Labute approximate surface area is 238 Å². The molecule has 0 saturated carbocycles. The first-order valence-electron chi connectivity index (χ1n) is 11.7. The monoisotopic (exact) mass is 661 g/mol. The number of halogens is 2. The minimum Gasteiger partial charge on any atom is -0.369 e. The molecule has 2 heterocycles. The fraction of sp³-hybridized carbons (Fsp3) is 0.222. The number of likely N-dealkylation sites (N-methyl/N-ethyl adjacent to an activating group) is 1. The van der Waals surface area contributed by atoms with Gasteiger partial charge in [0.1, 0.15) is 0 Å². The minimum atomic E-state index is -3.63. The van der Waals surface area contributed by atoms with Crippen molar-refractivity contribution in [2.24, 2.45) is 0 Å². The van der Waals surface area contributed by atoms with E-state index in [1.165, 1.54) is 17.4 Å². The number of nitrogens with zero attached hydrogens (tertiary/aromatic N) is 2. The number of carbonyl (C=O) groups excluding carboxylic acids is 1. The van der Waals surface area contributed by atoms with Crippen LogP contribution in [0.3, 0.4) is 0 Å². The fourth-order valence-corrected chi connectivity index (χ4v) is 8.29. The molecule has 192 valence electrons. The number of hydrogen-bond donors (Lipinski definition) is 1. The van der Waals surface area contributed by atoms with Crippen LogP contribution in [0.1, 0.15) is 11.1 Å². The van der Waals surface area contributed by atoms with Gasteiger partial charge in [-0.25, -0.2) is 8.42 Å². The van der Waals surface area contributed by atoms with Crippen LogP contribution in [0.5, 0.6) is 0 Å². The lowest BCUT2D eigenvalue weighted by atomic mass is 10.1. The van der Waals surface area contributed by atoms with E-state index in [1.807, 2.05) is 36.4 Å². The Balaban J connectivity index is 1.33. The largest absolute Gasteiger partial charge is 0.369 e. The van der Waals surface area contributed by atoms with Gasteiger partial charge in [0.2, 0.25) is 0 Å². The Kier molecular flexibility index (Phi) is 7.83. The average Bonchev–Trinajstić information content (AvgIpc) is 2.87. The number of rotatable bonds is 5. The number of amides is 1. The maximum absolute atomic E-state index is 13.2. The summed E-state index contributed by atoms with van der Waals surface area (Å²) in [4.78, 5) is 19.1. The average molecular weight is 663 g/mol. The number of carbonyl (C=O) groups is 1. The fourth-order valence-electron chi connectivity index (χ4n) is 4.27. The van der Waals surface area contributed by atoms with E-state index in [9.17, 15) is 13.2 Å². The van der Waals surface area contributed by atoms with Crippen LogP contribution in [-0.2, 0) is 20.4 Å². The third-order valence-electron chi connectivity index (χ3n) is 6.46. The molecule has 6 nitrogen and oxygen atoms in total. The summed E-state index contributed by atoms with van der Waals surface area (Å²) in [5, 5.41) is 2.87. The van der Waals surface area contributed by atoms with E-state index in [1.54, 1.807) is 18.2 Å². The molecule has 1 fully saturated rings. The van der Waals surface area contributed by atoms with Gasteiger partial charge in [-0.1, -0.05) is 61.8 Å². The summed E-state index contributed by atoms with van der Waals surface area (Å²) in [5.74, 6) is -0.409. The first-order valence-corrected chi connectivity index (χ1v) is 15.8. The van der Waals surface area contributed by atoms with E-state index in [0.717, 1.165) is 45.6 Å². The minimum absolute atomic E-state index is 0.163. The second-order valence-corrected chi connectivity index (χ2v) is 13.8. The van der Waals surface area contributed by atoms with Gasteiger partial charge in [-0.15, -0.1) is 0 Å². The molecular weight excluding hydrogens is 638 g/mol. The van der Waals surface area contributed by atoms with Crippen LogP contribution in [0.15, 0.2) is 84.3 Å². The third kappa shape index (κ3) is 5.98. The van der Waals surface area contributed by atoms with Crippen molar-refractivity contribution < 1.29 is 13.2 Å². The van der Waals surface area contributed by atoms with E-state index < -0.39 is 9.84 Å². The van der Waals surface area contributed by atoms with Crippen LogP contribution in [0.25, 0.3) is 6.08 Å². The molecule has 5 rings (SSSR count). The highest BCUT2D eigenvalue weighted by Gasteiger charge is 2.25. The van der Waals surface area contributed by atoms with E-state index in [-0.39, 0.29) is 16.6 Å². The van der Waals surface area contributed by atoms with Crippen molar-refractivity contribution in [2.75, 3.05) is 43.4 Å². The first-order chi connectivity index (χ1) is 17.7. The number of nitrogens with one attached hydrogen (secondary N) is 1. The molecule has 3 aromatic carbocycles. The molecule has 2 aliphatic rings. The highest BCUT2D eigenvalue weighted by atomic mass is 79.9. The van der Waals surface area contributed by atoms with Crippen molar-refractivity contribution in [2.45, 2.75) is 15.5 Å². The highest BCUT2D eigenvalue weighted by Crippen LogP contribution is 2.40. The molecule has 3 aromatic rings. The van der Waals surface area contributed by atoms with Gasteiger partial charge in [0.25, 0.3) is 5.91 Å². The molecule has 0 atom stereocenters. The molecule has 0 spiro atoms. The van der Waals surface area contributed by atoms with Gasteiger partial charge >= 0.3 is 0 Å². The SMILES string of the molecule is CN1CCN(c2ccc(C=C3Sc4ccc(S(=O)(=O)Cc5c(Br)cccc5Br)cc4NC3=O)cc2)CC1. The molecule has 0 aromatic heterocycles. The Morgan fingerprint density at radius 1 is 0.973 bits per heavy atom. The number of fused-ring (bicyclic) bond motifs is 1. The highest BCUT2D eigenvalue weighted by molar-refractivity contribution is 9.11. The van der Waals surface area contributed by atoms with E-state index in [0.29, 0.717) is 16.2 Å². The Bertz CT molecular complexity index is 1460. The summed E-state index contributed by atoms with van der Waals surface area (Å²) in [5.41, 5.74) is 3.29. The molecule has 0 radical (unpaired) electrons. The summed E-state index contributed by atoms with van der Waals surface area (Å²) in [7, 11) is -1.49. The second-order valence-electron chi connectivity index (χ2n) is 9.06. The number of piperazine rings is 1. The molecule has 37 heavy (non-hydrogen) atoms. The zero-order valence-electron chi connectivity index (χ0n) is 20.1. The third-order valence-corrected chi connectivity index (χ3v) is 10.7. The molecule has 1 saturated heterocycles. The maximum atomic E-state index is 13.2. The van der Waals surface area contributed by atoms with Crippen LogP contribution >= 0.6 is 43.6 Å². The second kappa shape index (κ2) is 10.9. The number of anilines is 2. The maximum Gasteiger partial charge on any atom is 0.262 e. The van der Waals surface area contributed by atoms with Crippen LogP contribution in [0.2, 0.25) is 0 Å². The van der Waals surface area contributed by atoms with Crippen LogP contribution in [0, 0.1) is 0 Å². The summed E-state index contributed by atoms with van der Waals surface area (Å²) in [6, 6.07) is 18.6. The molecular formula is C27H25Br2N3O3S2. The number of sulfone groups is 1. The first kappa shape index (κ1) is 26.5. The quantitative estimate of drug-likeness (QED) is 0.337. The lowest BCUT2D eigenvalue weighted by Gasteiger charge is -2.34. The van der Waals surface area contributed by atoms with Gasteiger partial charge < -0.3 is 15.1 Å². The van der Waals surface area contributed by atoms with Crippen LogP contribution in [0.4, 0.5) is 11.4 Å². The van der Waals surface area contributed by atoms with Crippen molar-refractivity contribution in [1.82, 2.24) is 4.90 Å². The topological polar surface area (TPSA) is 69.7 Å². The number of hydrogen-bond acceptors (Lipinski definition) is 6. The van der Waals surface area contributed by atoms with Gasteiger partial charge in [0, 0.05) is 45.7 Å². The number of thioether (sulfide) groups is 1. The zero-order chi connectivity index (χ0) is 26.2. The molecule has 0 aliphatic carbocycles. The predicted molar refractivity (Wildman–Crippen MR) is 158 cm³/mol.